The number of aromatic nitrogens is 3. The van der Waals surface area contributed by atoms with Crippen molar-refractivity contribution in [3.63, 3.8) is 0 Å². The fourth-order valence-electron chi connectivity index (χ4n) is 5.35. The van der Waals surface area contributed by atoms with Crippen LogP contribution in [0.5, 0.6) is 5.75 Å². The molecule has 0 aliphatic carbocycles. The number of methoxy groups -OCH3 is 1. The molecule has 2 unspecified atom stereocenters. The highest BCUT2D eigenvalue weighted by Crippen LogP contribution is 2.36. The second-order valence-electron chi connectivity index (χ2n) is 8.92. The van der Waals surface area contributed by atoms with Gasteiger partial charge in [0.05, 0.1) is 30.2 Å². The van der Waals surface area contributed by atoms with E-state index in [1.807, 2.05) is 25.3 Å². The summed E-state index contributed by atoms with van der Waals surface area (Å²) in [5, 5.41) is 11.1. The van der Waals surface area contributed by atoms with Gasteiger partial charge in [-0.1, -0.05) is 0 Å². The number of hydrogen-bond acceptors (Lipinski definition) is 6. The predicted octanol–water partition coefficient (Wildman–Crippen LogP) is 2.58. The van der Waals surface area contributed by atoms with Gasteiger partial charge >= 0.3 is 6.03 Å². The largest absolute Gasteiger partial charge is 0.493 e. The van der Waals surface area contributed by atoms with E-state index in [1.165, 1.54) is 18.5 Å². The van der Waals surface area contributed by atoms with E-state index in [0.29, 0.717) is 30.1 Å². The molecule has 0 aromatic carbocycles. The van der Waals surface area contributed by atoms with E-state index >= 15 is 0 Å². The van der Waals surface area contributed by atoms with Crippen molar-refractivity contribution in [1.82, 2.24) is 19.9 Å². The van der Waals surface area contributed by atoms with Crippen LogP contribution in [0.4, 0.5) is 22.0 Å². The Morgan fingerprint density at radius 1 is 1.25 bits per heavy atom. The van der Waals surface area contributed by atoms with Crippen molar-refractivity contribution in [2.75, 3.05) is 41.9 Å². The fourth-order valence-corrected chi connectivity index (χ4v) is 5.35. The Kier molecular flexibility index (Phi) is 4.46. The number of urea groups is 1. The maximum absolute atomic E-state index is 13.3. The predicted molar refractivity (Wildman–Crippen MR) is 123 cm³/mol. The Labute approximate surface area is 186 Å². The minimum Gasteiger partial charge on any atom is -0.493 e. The van der Waals surface area contributed by atoms with Gasteiger partial charge in [-0.25, -0.2) is 14.3 Å². The summed E-state index contributed by atoms with van der Waals surface area (Å²) in [7, 11) is 1.59. The standard InChI is InChI=1S/C23H27N7O2/c1-14-9-17-10-19(21(32-2)13-30(17)27-14)26-23(31)29-8-6-18-20(5-7-24-22(18)29)28-11-15-3-4-16(12-28)25-15/h5,7,9-10,13,15-16,25H,3-4,6,8,11-12H2,1-2H3,(H,26,31). The molecule has 9 nitrogen and oxygen atoms in total. The molecule has 6 rings (SSSR count). The zero-order valence-corrected chi connectivity index (χ0v) is 18.3. The molecule has 3 aromatic heterocycles. The average Bonchev–Trinajstić information content (AvgIpc) is 3.48. The highest BCUT2D eigenvalue weighted by atomic mass is 16.5. The van der Waals surface area contributed by atoms with Crippen LogP contribution in [0.15, 0.2) is 30.6 Å². The van der Waals surface area contributed by atoms with Gasteiger partial charge in [0.2, 0.25) is 0 Å². The lowest BCUT2D eigenvalue weighted by molar-refractivity contribution is 0.257. The molecule has 166 valence electrons. The lowest BCUT2D eigenvalue weighted by Gasteiger charge is -2.35. The molecular weight excluding hydrogens is 406 g/mol. The molecule has 2 N–H and O–H groups in total. The first-order chi connectivity index (χ1) is 15.6. The Morgan fingerprint density at radius 2 is 2.06 bits per heavy atom. The van der Waals surface area contributed by atoms with Crippen LogP contribution in [-0.4, -0.2) is 59.5 Å². The zero-order chi connectivity index (χ0) is 21.8. The smallest absolute Gasteiger partial charge is 0.327 e. The minimum absolute atomic E-state index is 0.201. The highest BCUT2D eigenvalue weighted by Gasteiger charge is 2.35. The third-order valence-corrected chi connectivity index (χ3v) is 6.80. The van der Waals surface area contributed by atoms with Crippen LogP contribution >= 0.6 is 0 Å². The molecule has 3 aromatic rings. The molecule has 0 spiro atoms. The topological polar surface area (TPSA) is 87.0 Å². The van der Waals surface area contributed by atoms with Crippen molar-refractivity contribution in [1.29, 1.82) is 0 Å². The van der Waals surface area contributed by atoms with Gasteiger partial charge in [0.25, 0.3) is 0 Å². The number of ether oxygens (including phenoxy) is 1. The van der Waals surface area contributed by atoms with Crippen molar-refractivity contribution in [3.05, 3.63) is 41.9 Å². The van der Waals surface area contributed by atoms with Crippen LogP contribution in [0.25, 0.3) is 5.52 Å². The van der Waals surface area contributed by atoms with E-state index in [4.69, 9.17) is 4.74 Å². The van der Waals surface area contributed by atoms with Crippen LogP contribution in [0.3, 0.4) is 0 Å². The number of nitrogens with zero attached hydrogens (tertiary/aromatic N) is 5. The minimum atomic E-state index is -0.201. The molecule has 3 aliphatic heterocycles. The molecule has 3 aliphatic rings. The van der Waals surface area contributed by atoms with Gasteiger partial charge in [-0.15, -0.1) is 0 Å². The van der Waals surface area contributed by atoms with E-state index in [2.05, 4.69) is 31.7 Å². The van der Waals surface area contributed by atoms with Crippen molar-refractivity contribution in [3.8, 4) is 5.75 Å². The third-order valence-electron chi connectivity index (χ3n) is 6.80. The normalized spacial score (nSPS) is 21.8. The Hall–Kier alpha value is -3.33. The molecule has 2 saturated heterocycles. The van der Waals surface area contributed by atoms with Gasteiger partial charge in [-0.05, 0) is 44.4 Å². The number of carbonyl (C=O) groups is 1. The number of pyridine rings is 2. The summed E-state index contributed by atoms with van der Waals surface area (Å²) < 4.78 is 7.25. The first-order valence-corrected chi connectivity index (χ1v) is 11.2. The van der Waals surface area contributed by atoms with Crippen molar-refractivity contribution < 1.29 is 9.53 Å². The number of aryl methyl sites for hydroxylation is 1. The second-order valence-corrected chi connectivity index (χ2v) is 8.92. The maximum atomic E-state index is 13.3. The summed E-state index contributed by atoms with van der Waals surface area (Å²) in [6.45, 7) is 4.58. The Bertz CT molecular complexity index is 1190. The van der Waals surface area contributed by atoms with Gasteiger partial charge in [0, 0.05) is 49.2 Å². The number of nitrogens with one attached hydrogen (secondary N) is 2. The molecule has 2 amide bonds. The summed E-state index contributed by atoms with van der Waals surface area (Å²) in [6.07, 6.45) is 6.90. The van der Waals surface area contributed by atoms with E-state index in [9.17, 15) is 4.79 Å². The number of piperazine rings is 1. The van der Waals surface area contributed by atoms with Gasteiger partial charge in [0.15, 0.2) is 5.75 Å². The lowest BCUT2D eigenvalue weighted by Crippen LogP contribution is -2.51. The molecule has 0 saturated carbocycles. The van der Waals surface area contributed by atoms with Crippen LogP contribution < -0.4 is 25.2 Å². The first-order valence-electron chi connectivity index (χ1n) is 11.2. The SMILES string of the molecule is COc1cn2nc(C)cc2cc1NC(=O)N1CCc2c(N3CC4CCC(C3)N4)ccnc21. The summed E-state index contributed by atoms with van der Waals surface area (Å²) in [5.41, 5.74) is 4.81. The molecule has 32 heavy (non-hydrogen) atoms. The van der Waals surface area contributed by atoms with Crippen molar-refractivity contribution in [2.45, 2.75) is 38.3 Å². The number of amides is 2. The highest BCUT2D eigenvalue weighted by molar-refractivity contribution is 6.04. The first kappa shape index (κ1) is 19.4. The number of hydrogen-bond donors (Lipinski definition) is 2. The van der Waals surface area contributed by atoms with Crippen LogP contribution in [-0.2, 0) is 6.42 Å². The average molecular weight is 434 g/mol. The van der Waals surface area contributed by atoms with Crippen LogP contribution in [0, 0.1) is 6.92 Å². The monoisotopic (exact) mass is 433 g/mol. The number of anilines is 3. The summed E-state index contributed by atoms with van der Waals surface area (Å²) in [5.74, 6) is 1.32. The molecule has 2 atom stereocenters. The Morgan fingerprint density at radius 3 is 2.84 bits per heavy atom. The fraction of sp³-hybridized carbons (Fsp3) is 0.435. The van der Waals surface area contributed by atoms with Crippen molar-refractivity contribution >= 4 is 28.7 Å². The van der Waals surface area contributed by atoms with Gasteiger partial charge in [-0.3, -0.25) is 4.90 Å². The van der Waals surface area contributed by atoms with E-state index in [1.54, 1.807) is 22.7 Å². The molecule has 9 heteroatoms. The zero-order valence-electron chi connectivity index (χ0n) is 18.3. The van der Waals surface area contributed by atoms with E-state index in [0.717, 1.165) is 42.1 Å². The summed E-state index contributed by atoms with van der Waals surface area (Å²) in [4.78, 5) is 22.1. The maximum Gasteiger partial charge on any atom is 0.327 e. The molecule has 2 fully saturated rings. The van der Waals surface area contributed by atoms with E-state index in [-0.39, 0.29) is 6.03 Å². The Balaban J connectivity index is 1.27. The molecule has 0 radical (unpaired) electrons. The number of carbonyl (C=O) groups excluding carboxylic acids is 1. The molecule has 2 bridgehead atoms. The van der Waals surface area contributed by atoms with Gasteiger partial charge in [-0.2, -0.15) is 5.10 Å². The van der Waals surface area contributed by atoms with Crippen LogP contribution in [0.1, 0.15) is 24.1 Å². The summed E-state index contributed by atoms with van der Waals surface area (Å²) in [6, 6.07) is 6.88. The molecule has 6 heterocycles. The second kappa shape index (κ2) is 7.37. The number of fused-ring (bicyclic) bond motifs is 4. The van der Waals surface area contributed by atoms with E-state index < -0.39 is 0 Å². The quantitative estimate of drug-likeness (QED) is 0.660. The van der Waals surface area contributed by atoms with Gasteiger partial charge in [0.1, 0.15) is 5.82 Å². The lowest BCUT2D eigenvalue weighted by atomic mass is 10.1. The van der Waals surface area contributed by atoms with Crippen molar-refractivity contribution in [2.24, 2.45) is 0 Å². The van der Waals surface area contributed by atoms with Gasteiger partial charge < -0.3 is 20.3 Å². The third kappa shape index (κ3) is 3.15. The number of rotatable bonds is 3. The molecular formula is C23H27N7O2. The summed E-state index contributed by atoms with van der Waals surface area (Å²) >= 11 is 0. The van der Waals surface area contributed by atoms with Crippen LogP contribution in [0.2, 0.25) is 0 Å².